The molecular formula is C16H19FN4O2. The van der Waals surface area contributed by atoms with Crippen molar-refractivity contribution in [3.8, 4) is 0 Å². The van der Waals surface area contributed by atoms with Crippen LogP contribution in [0.15, 0.2) is 18.2 Å². The minimum atomic E-state index is -0.758. The topological polar surface area (TPSA) is 90.0 Å². The second kappa shape index (κ2) is 6.20. The molecule has 2 aromatic rings. The zero-order chi connectivity index (χ0) is 17.3. The normalized spacial score (nSPS) is 12.0. The van der Waals surface area contributed by atoms with E-state index in [0.717, 1.165) is 17.5 Å². The Morgan fingerprint density at radius 2 is 1.91 bits per heavy atom. The number of benzene rings is 1. The van der Waals surface area contributed by atoms with Gasteiger partial charge in [0.05, 0.1) is 5.69 Å². The Labute approximate surface area is 133 Å². The molecule has 1 heterocycles. The Hall–Kier alpha value is -2.70. The number of carbonyl (C=O) groups excluding carboxylic acids is 2. The fourth-order valence-corrected chi connectivity index (χ4v) is 2.34. The van der Waals surface area contributed by atoms with Gasteiger partial charge in [0.25, 0.3) is 0 Å². The second-order valence-electron chi connectivity index (χ2n) is 5.53. The molecule has 7 heteroatoms. The molecule has 1 aromatic carbocycles. The molecule has 0 radical (unpaired) electrons. The average Bonchev–Trinajstić information content (AvgIpc) is 2.81. The maximum Gasteiger partial charge on any atom is 0.248 e. The Balaban J connectivity index is 2.29. The Bertz CT molecular complexity index is 783. The molecule has 0 aliphatic rings. The van der Waals surface area contributed by atoms with Gasteiger partial charge in [0.15, 0.2) is 0 Å². The first-order chi connectivity index (χ1) is 10.7. The Morgan fingerprint density at radius 3 is 2.43 bits per heavy atom. The van der Waals surface area contributed by atoms with E-state index >= 15 is 0 Å². The molecule has 23 heavy (non-hydrogen) atoms. The molecule has 0 saturated heterocycles. The SMILES string of the molecule is Cc1cc(C)n(C(C)C(=O)Nc2cc(C(N)=O)cc(F)c2C)n1. The van der Waals surface area contributed by atoms with Crippen molar-refractivity contribution in [2.75, 3.05) is 5.32 Å². The van der Waals surface area contributed by atoms with E-state index in [1.54, 1.807) is 11.6 Å². The molecule has 0 fully saturated rings. The fraction of sp³-hybridized carbons (Fsp3) is 0.312. The predicted octanol–water partition coefficient (Wildman–Crippen LogP) is 2.25. The molecule has 0 bridgehead atoms. The van der Waals surface area contributed by atoms with Crippen molar-refractivity contribution in [1.82, 2.24) is 9.78 Å². The number of nitrogens with one attached hydrogen (secondary N) is 1. The van der Waals surface area contributed by atoms with E-state index in [1.807, 2.05) is 19.9 Å². The number of aryl methyl sites for hydroxylation is 2. The smallest absolute Gasteiger partial charge is 0.248 e. The summed E-state index contributed by atoms with van der Waals surface area (Å²) >= 11 is 0. The van der Waals surface area contributed by atoms with E-state index in [1.165, 1.54) is 13.0 Å². The lowest BCUT2D eigenvalue weighted by molar-refractivity contribution is -0.119. The molecule has 1 atom stereocenters. The van der Waals surface area contributed by atoms with Gasteiger partial charge < -0.3 is 11.1 Å². The highest BCUT2D eigenvalue weighted by Crippen LogP contribution is 2.22. The summed E-state index contributed by atoms with van der Waals surface area (Å²) < 4.78 is 15.5. The van der Waals surface area contributed by atoms with Crippen molar-refractivity contribution in [3.05, 3.63) is 46.5 Å². The van der Waals surface area contributed by atoms with Crippen LogP contribution in [0.5, 0.6) is 0 Å². The second-order valence-corrected chi connectivity index (χ2v) is 5.53. The number of nitrogens with zero attached hydrogens (tertiary/aromatic N) is 2. The number of hydrogen-bond acceptors (Lipinski definition) is 3. The van der Waals surface area contributed by atoms with Crippen LogP contribution in [0, 0.1) is 26.6 Å². The van der Waals surface area contributed by atoms with Crippen LogP contribution in [0.25, 0.3) is 0 Å². The summed E-state index contributed by atoms with van der Waals surface area (Å²) in [6.07, 6.45) is 0. The van der Waals surface area contributed by atoms with E-state index in [2.05, 4.69) is 10.4 Å². The number of primary amides is 1. The third-order valence-electron chi connectivity index (χ3n) is 3.68. The number of aromatic nitrogens is 2. The molecule has 6 nitrogen and oxygen atoms in total. The third kappa shape index (κ3) is 3.39. The summed E-state index contributed by atoms with van der Waals surface area (Å²) in [6.45, 7) is 6.90. The van der Waals surface area contributed by atoms with Crippen LogP contribution in [-0.2, 0) is 4.79 Å². The number of amides is 2. The fourth-order valence-electron chi connectivity index (χ4n) is 2.34. The molecule has 2 amide bonds. The minimum Gasteiger partial charge on any atom is -0.366 e. The number of hydrogen-bond donors (Lipinski definition) is 2. The lowest BCUT2D eigenvalue weighted by atomic mass is 10.1. The van der Waals surface area contributed by atoms with Crippen molar-refractivity contribution < 1.29 is 14.0 Å². The van der Waals surface area contributed by atoms with E-state index in [-0.39, 0.29) is 22.7 Å². The summed E-state index contributed by atoms with van der Waals surface area (Å²) in [5.41, 5.74) is 7.29. The maximum absolute atomic E-state index is 13.9. The van der Waals surface area contributed by atoms with Crippen molar-refractivity contribution in [2.24, 2.45) is 5.73 Å². The van der Waals surface area contributed by atoms with Gasteiger partial charge in [-0.1, -0.05) is 0 Å². The third-order valence-corrected chi connectivity index (χ3v) is 3.68. The summed E-state index contributed by atoms with van der Waals surface area (Å²) in [7, 11) is 0. The lowest BCUT2D eigenvalue weighted by Crippen LogP contribution is -2.26. The highest BCUT2D eigenvalue weighted by atomic mass is 19.1. The highest BCUT2D eigenvalue weighted by molar-refractivity contribution is 5.98. The van der Waals surface area contributed by atoms with E-state index in [4.69, 9.17) is 5.73 Å². The summed E-state index contributed by atoms with van der Waals surface area (Å²) in [5, 5.41) is 6.90. The molecule has 3 N–H and O–H groups in total. The molecule has 122 valence electrons. The number of anilines is 1. The van der Waals surface area contributed by atoms with Gasteiger partial charge in [-0.2, -0.15) is 5.10 Å². The van der Waals surface area contributed by atoms with Gasteiger partial charge in [-0.15, -0.1) is 0 Å². The molecule has 0 spiro atoms. The van der Waals surface area contributed by atoms with Gasteiger partial charge in [0, 0.05) is 22.5 Å². The first kappa shape index (κ1) is 16.7. The molecule has 1 aromatic heterocycles. The van der Waals surface area contributed by atoms with Gasteiger partial charge in [0.2, 0.25) is 11.8 Å². The highest BCUT2D eigenvalue weighted by Gasteiger charge is 2.20. The molecule has 2 rings (SSSR count). The first-order valence-corrected chi connectivity index (χ1v) is 7.14. The van der Waals surface area contributed by atoms with E-state index in [9.17, 15) is 14.0 Å². The Morgan fingerprint density at radius 1 is 1.26 bits per heavy atom. The van der Waals surface area contributed by atoms with Crippen LogP contribution >= 0.6 is 0 Å². The van der Waals surface area contributed by atoms with Gasteiger partial charge in [-0.25, -0.2) is 4.39 Å². The van der Waals surface area contributed by atoms with E-state index in [0.29, 0.717) is 0 Å². The van der Waals surface area contributed by atoms with Crippen LogP contribution in [0.3, 0.4) is 0 Å². The summed E-state index contributed by atoms with van der Waals surface area (Å²) in [5.74, 6) is -1.72. The van der Waals surface area contributed by atoms with Gasteiger partial charge in [0.1, 0.15) is 11.9 Å². The minimum absolute atomic E-state index is 0.00201. The standard InChI is InChI=1S/C16H19FN4O2/c1-8-5-9(2)21(20-8)11(4)16(23)19-14-7-12(15(18)22)6-13(17)10(14)3/h5-7,11H,1-4H3,(H2,18,22)(H,19,23). The molecule has 1 unspecified atom stereocenters. The van der Waals surface area contributed by atoms with Crippen LogP contribution in [0.4, 0.5) is 10.1 Å². The number of rotatable bonds is 4. The summed E-state index contributed by atoms with van der Waals surface area (Å²) in [4.78, 5) is 23.6. The van der Waals surface area contributed by atoms with Crippen molar-refractivity contribution >= 4 is 17.5 Å². The number of nitrogens with two attached hydrogens (primary N) is 1. The lowest BCUT2D eigenvalue weighted by Gasteiger charge is -2.16. The molecule has 0 aliphatic carbocycles. The number of halogens is 1. The van der Waals surface area contributed by atoms with Crippen molar-refractivity contribution in [3.63, 3.8) is 0 Å². The Kier molecular flexibility index (Phi) is 4.49. The van der Waals surface area contributed by atoms with Crippen molar-refractivity contribution in [1.29, 1.82) is 0 Å². The first-order valence-electron chi connectivity index (χ1n) is 7.14. The monoisotopic (exact) mass is 318 g/mol. The molecule has 0 aliphatic heterocycles. The maximum atomic E-state index is 13.9. The van der Waals surface area contributed by atoms with E-state index < -0.39 is 17.8 Å². The number of carbonyl (C=O) groups is 2. The zero-order valence-corrected chi connectivity index (χ0v) is 13.5. The zero-order valence-electron chi connectivity index (χ0n) is 13.5. The van der Waals surface area contributed by atoms with Gasteiger partial charge in [-0.05, 0) is 45.9 Å². The van der Waals surface area contributed by atoms with Crippen LogP contribution in [0.1, 0.15) is 40.3 Å². The van der Waals surface area contributed by atoms with Crippen LogP contribution < -0.4 is 11.1 Å². The molecular weight excluding hydrogens is 299 g/mol. The quantitative estimate of drug-likeness (QED) is 0.906. The molecule has 0 saturated carbocycles. The largest absolute Gasteiger partial charge is 0.366 e. The average molecular weight is 318 g/mol. The van der Waals surface area contributed by atoms with Crippen LogP contribution in [0.2, 0.25) is 0 Å². The van der Waals surface area contributed by atoms with Crippen LogP contribution in [-0.4, -0.2) is 21.6 Å². The van der Waals surface area contributed by atoms with Crippen molar-refractivity contribution in [2.45, 2.75) is 33.7 Å². The summed E-state index contributed by atoms with van der Waals surface area (Å²) in [6, 6.07) is 3.70. The van der Waals surface area contributed by atoms with Gasteiger partial charge in [-0.3, -0.25) is 14.3 Å². The predicted molar refractivity (Wildman–Crippen MR) is 84.7 cm³/mol. The van der Waals surface area contributed by atoms with Gasteiger partial charge >= 0.3 is 0 Å².